The summed E-state index contributed by atoms with van der Waals surface area (Å²) in [5, 5.41) is 5.50. The van der Waals surface area contributed by atoms with Crippen molar-refractivity contribution in [2.75, 3.05) is 26.3 Å². The SMILES string of the molecule is CCNC(=O)C1COCCN1C(=O)NC(C)C. The highest BCUT2D eigenvalue weighted by Crippen LogP contribution is 2.07. The Balaban J connectivity index is 2.65. The molecule has 1 unspecified atom stereocenters. The van der Waals surface area contributed by atoms with Crippen molar-refractivity contribution in [3.8, 4) is 0 Å². The van der Waals surface area contributed by atoms with Crippen molar-refractivity contribution >= 4 is 11.9 Å². The Bertz CT molecular complexity index is 281. The van der Waals surface area contributed by atoms with Crippen molar-refractivity contribution in [2.45, 2.75) is 32.9 Å². The van der Waals surface area contributed by atoms with Gasteiger partial charge in [0.25, 0.3) is 0 Å². The van der Waals surface area contributed by atoms with Gasteiger partial charge in [-0.1, -0.05) is 0 Å². The van der Waals surface area contributed by atoms with Crippen LogP contribution in [-0.4, -0.2) is 55.2 Å². The Morgan fingerprint density at radius 1 is 1.47 bits per heavy atom. The van der Waals surface area contributed by atoms with E-state index in [0.29, 0.717) is 19.7 Å². The average Bonchev–Trinajstić information content (AvgIpc) is 2.28. The fourth-order valence-electron chi connectivity index (χ4n) is 1.69. The molecule has 0 radical (unpaired) electrons. The summed E-state index contributed by atoms with van der Waals surface area (Å²) >= 11 is 0. The topological polar surface area (TPSA) is 70.7 Å². The van der Waals surface area contributed by atoms with Crippen molar-refractivity contribution < 1.29 is 14.3 Å². The van der Waals surface area contributed by atoms with Gasteiger partial charge < -0.3 is 20.3 Å². The fraction of sp³-hybridized carbons (Fsp3) is 0.818. The molecule has 1 rings (SSSR count). The van der Waals surface area contributed by atoms with Gasteiger partial charge >= 0.3 is 6.03 Å². The minimum atomic E-state index is -0.526. The lowest BCUT2D eigenvalue weighted by Crippen LogP contribution is -2.58. The molecular formula is C11H21N3O3. The van der Waals surface area contributed by atoms with Crippen LogP contribution in [-0.2, 0) is 9.53 Å². The second-order valence-corrected chi connectivity index (χ2v) is 4.28. The third-order valence-electron chi connectivity index (χ3n) is 2.46. The van der Waals surface area contributed by atoms with E-state index in [1.54, 1.807) is 0 Å². The van der Waals surface area contributed by atoms with Crippen molar-refractivity contribution in [2.24, 2.45) is 0 Å². The first kappa shape index (κ1) is 13.8. The van der Waals surface area contributed by atoms with Crippen LogP contribution in [0, 0.1) is 0 Å². The number of hydrogen-bond donors (Lipinski definition) is 2. The zero-order chi connectivity index (χ0) is 12.8. The molecule has 98 valence electrons. The van der Waals surface area contributed by atoms with Crippen LogP contribution in [0.1, 0.15) is 20.8 Å². The molecule has 0 aromatic carbocycles. The number of nitrogens with one attached hydrogen (secondary N) is 2. The molecule has 0 bridgehead atoms. The maximum atomic E-state index is 11.9. The van der Waals surface area contributed by atoms with E-state index in [9.17, 15) is 9.59 Å². The third kappa shape index (κ3) is 3.89. The van der Waals surface area contributed by atoms with Gasteiger partial charge in [0, 0.05) is 19.1 Å². The van der Waals surface area contributed by atoms with Gasteiger partial charge in [-0.3, -0.25) is 4.79 Å². The van der Waals surface area contributed by atoms with Crippen LogP contribution >= 0.6 is 0 Å². The van der Waals surface area contributed by atoms with Crippen LogP contribution in [0.2, 0.25) is 0 Å². The second-order valence-electron chi connectivity index (χ2n) is 4.28. The Morgan fingerprint density at radius 2 is 2.18 bits per heavy atom. The summed E-state index contributed by atoms with van der Waals surface area (Å²) in [6, 6.07) is -0.678. The first-order valence-corrected chi connectivity index (χ1v) is 5.98. The number of nitrogens with zero attached hydrogens (tertiary/aromatic N) is 1. The van der Waals surface area contributed by atoms with Gasteiger partial charge in [-0.25, -0.2) is 4.79 Å². The molecule has 1 saturated heterocycles. The van der Waals surface area contributed by atoms with Gasteiger partial charge in [0.1, 0.15) is 6.04 Å². The van der Waals surface area contributed by atoms with E-state index in [4.69, 9.17) is 4.74 Å². The highest BCUT2D eigenvalue weighted by atomic mass is 16.5. The lowest BCUT2D eigenvalue weighted by atomic mass is 10.2. The van der Waals surface area contributed by atoms with E-state index in [1.807, 2.05) is 20.8 Å². The maximum Gasteiger partial charge on any atom is 0.318 e. The Hall–Kier alpha value is -1.30. The van der Waals surface area contributed by atoms with E-state index in [1.165, 1.54) is 4.90 Å². The van der Waals surface area contributed by atoms with Crippen LogP contribution < -0.4 is 10.6 Å². The second kappa shape index (κ2) is 6.44. The van der Waals surface area contributed by atoms with Crippen molar-refractivity contribution in [3.05, 3.63) is 0 Å². The normalized spacial score (nSPS) is 20.2. The molecule has 1 aliphatic rings. The van der Waals surface area contributed by atoms with Gasteiger partial charge in [0.05, 0.1) is 13.2 Å². The van der Waals surface area contributed by atoms with Crippen LogP contribution in [0.3, 0.4) is 0 Å². The zero-order valence-electron chi connectivity index (χ0n) is 10.7. The van der Waals surface area contributed by atoms with Gasteiger partial charge in [0.15, 0.2) is 0 Å². The van der Waals surface area contributed by atoms with Gasteiger partial charge in [-0.05, 0) is 20.8 Å². The molecule has 1 heterocycles. The smallest absolute Gasteiger partial charge is 0.318 e. The lowest BCUT2D eigenvalue weighted by Gasteiger charge is -2.34. The largest absolute Gasteiger partial charge is 0.377 e. The number of hydrogen-bond acceptors (Lipinski definition) is 3. The van der Waals surface area contributed by atoms with Crippen LogP contribution in [0.15, 0.2) is 0 Å². The average molecular weight is 243 g/mol. The molecule has 2 N–H and O–H groups in total. The van der Waals surface area contributed by atoms with E-state index >= 15 is 0 Å². The molecule has 0 spiro atoms. The van der Waals surface area contributed by atoms with E-state index < -0.39 is 6.04 Å². The van der Waals surface area contributed by atoms with Crippen molar-refractivity contribution in [1.29, 1.82) is 0 Å². The number of carbonyl (C=O) groups is 2. The van der Waals surface area contributed by atoms with Crippen LogP contribution in [0.25, 0.3) is 0 Å². The lowest BCUT2D eigenvalue weighted by molar-refractivity contribution is -0.130. The molecule has 1 fully saturated rings. The summed E-state index contributed by atoms with van der Waals surface area (Å²) in [5.41, 5.74) is 0. The number of urea groups is 1. The molecule has 0 aromatic heterocycles. The number of morpholine rings is 1. The quantitative estimate of drug-likeness (QED) is 0.729. The van der Waals surface area contributed by atoms with E-state index in [0.717, 1.165) is 0 Å². The molecule has 6 nitrogen and oxygen atoms in total. The molecule has 1 atom stereocenters. The number of ether oxygens (including phenoxy) is 1. The summed E-state index contributed by atoms with van der Waals surface area (Å²) in [7, 11) is 0. The first-order valence-electron chi connectivity index (χ1n) is 5.98. The summed E-state index contributed by atoms with van der Waals surface area (Å²) in [6.07, 6.45) is 0. The van der Waals surface area contributed by atoms with E-state index in [-0.39, 0.29) is 24.6 Å². The molecule has 0 aromatic rings. The minimum absolute atomic E-state index is 0.0558. The molecule has 0 aliphatic carbocycles. The van der Waals surface area contributed by atoms with Gasteiger partial charge in [-0.2, -0.15) is 0 Å². The fourth-order valence-corrected chi connectivity index (χ4v) is 1.69. The Morgan fingerprint density at radius 3 is 2.76 bits per heavy atom. The number of likely N-dealkylation sites (N-methyl/N-ethyl adjacent to an activating group) is 1. The monoisotopic (exact) mass is 243 g/mol. The van der Waals surface area contributed by atoms with Crippen molar-refractivity contribution in [1.82, 2.24) is 15.5 Å². The zero-order valence-corrected chi connectivity index (χ0v) is 10.7. The summed E-state index contributed by atoms with van der Waals surface area (Å²) in [5.74, 6) is -0.161. The van der Waals surface area contributed by atoms with Crippen LogP contribution in [0.5, 0.6) is 0 Å². The maximum absolute atomic E-state index is 11.9. The summed E-state index contributed by atoms with van der Waals surface area (Å²) in [6.45, 7) is 7.35. The van der Waals surface area contributed by atoms with Gasteiger partial charge in [-0.15, -0.1) is 0 Å². The summed E-state index contributed by atoms with van der Waals surface area (Å²) in [4.78, 5) is 25.2. The van der Waals surface area contributed by atoms with Crippen LogP contribution in [0.4, 0.5) is 4.79 Å². The first-order chi connectivity index (χ1) is 8.06. The Kier molecular flexibility index (Phi) is 5.21. The molecule has 3 amide bonds. The number of rotatable bonds is 3. The Labute approximate surface area is 102 Å². The van der Waals surface area contributed by atoms with Crippen molar-refractivity contribution in [3.63, 3.8) is 0 Å². The predicted octanol–water partition coefficient (Wildman–Crippen LogP) is -0.0587. The highest BCUT2D eigenvalue weighted by molar-refractivity contribution is 5.87. The molecule has 6 heteroatoms. The molecule has 1 aliphatic heterocycles. The van der Waals surface area contributed by atoms with Gasteiger partial charge in [0.2, 0.25) is 5.91 Å². The third-order valence-corrected chi connectivity index (χ3v) is 2.46. The predicted molar refractivity (Wildman–Crippen MR) is 63.7 cm³/mol. The standard InChI is InChI=1S/C11H21N3O3/c1-4-12-10(15)9-7-17-6-5-14(9)11(16)13-8(2)3/h8-9H,4-7H2,1-3H3,(H,12,15)(H,13,16). The molecule has 17 heavy (non-hydrogen) atoms. The highest BCUT2D eigenvalue weighted by Gasteiger charge is 2.32. The minimum Gasteiger partial charge on any atom is -0.377 e. The number of amides is 3. The summed E-state index contributed by atoms with van der Waals surface area (Å²) < 4.78 is 5.25. The molecule has 0 saturated carbocycles. The molecular weight excluding hydrogens is 222 g/mol. The van der Waals surface area contributed by atoms with E-state index in [2.05, 4.69) is 10.6 Å². The number of carbonyl (C=O) groups excluding carboxylic acids is 2.